The zero-order valence-electron chi connectivity index (χ0n) is 19.0. The van der Waals surface area contributed by atoms with Crippen molar-refractivity contribution in [2.75, 3.05) is 12.5 Å². The van der Waals surface area contributed by atoms with Crippen LogP contribution in [0.3, 0.4) is 0 Å². The van der Waals surface area contributed by atoms with Crippen molar-refractivity contribution >= 4 is 28.8 Å². The number of nitrogens with zero attached hydrogens (tertiary/aromatic N) is 1. The van der Waals surface area contributed by atoms with Gasteiger partial charge >= 0.3 is 6.36 Å². The Morgan fingerprint density at radius 2 is 1.97 bits per heavy atom. The molecule has 11 heteroatoms. The molecule has 0 aliphatic carbocycles. The summed E-state index contributed by atoms with van der Waals surface area (Å²) in [5, 5.41) is 3.36. The number of aromatic nitrogens is 1. The molecule has 2 N–H and O–H groups in total. The van der Waals surface area contributed by atoms with E-state index < -0.39 is 18.0 Å². The Morgan fingerprint density at radius 1 is 1.17 bits per heavy atom. The van der Waals surface area contributed by atoms with Gasteiger partial charge in [-0.05, 0) is 48.7 Å². The standard InChI is InChI=1S/C24H24F3N3O5/c1-15-21(18(13-31)8-9-23(32)28-2)11-17-7-6-16(10-22(17)29-15)14-33-35-30-19-4-3-5-20(12-19)34-24(25,26)27/h3-7,10-13,18,30H,8-9,14H2,1-2H3,(H,28,32). The van der Waals surface area contributed by atoms with Crippen molar-refractivity contribution in [1.29, 1.82) is 0 Å². The molecule has 0 aliphatic rings. The number of fused-ring (bicyclic) bond motifs is 1. The normalized spacial score (nSPS) is 12.3. The van der Waals surface area contributed by atoms with Crippen LogP contribution < -0.4 is 15.5 Å². The molecule has 0 fully saturated rings. The van der Waals surface area contributed by atoms with Gasteiger partial charge in [-0.3, -0.25) is 9.78 Å². The van der Waals surface area contributed by atoms with Crippen molar-refractivity contribution in [3.63, 3.8) is 0 Å². The minimum Gasteiger partial charge on any atom is -0.406 e. The van der Waals surface area contributed by atoms with Crippen molar-refractivity contribution in [1.82, 2.24) is 10.3 Å². The fourth-order valence-corrected chi connectivity index (χ4v) is 3.43. The van der Waals surface area contributed by atoms with Gasteiger partial charge in [-0.1, -0.05) is 18.2 Å². The van der Waals surface area contributed by atoms with Gasteiger partial charge in [-0.15, -0.1) is 18.2 Å². The van der Waals surface area contributed by atoms with E-state index >= 15 is 0 Å². The third-order valence-corrected chi connectivity index (χ3v) is 5.15. The fraction of sp³-hybridized carbons (Fsp3) is 0.292. The topological polar surface area (TPSA) is 98.8 Å². The van der Waals surface area contributed by atoms with Gasteiger partial charge in [0.1, 0.15) is 18.6 Å². The van der Waals surface area contributed by atoms with Crippen LogP contribution in [-0.2, 0) is 26.1 Å². The summed E-state index contributed by atoms with van der Waals surface area (Å²) >= 11 is 0. The lowest BCUT2D eigenvalue weighted by molar-refractivity contribution is -0.282. The molecule has 0 aliphatic heterocycles. The Bertz CT molecular complexity index is 1190. The van der Waals surface area contributed by atoms with Gasteiger partial charge in [0.05, 0.1) is 11.2 Å². The molecular formula is C24H24F3N3O5. The average Bonchev–Trinajstić information content (AvgIpc) is 2.81. The molecule has 1 unspecified atom stereocenters. The summed E-state index contributed by atoms with van der Waals surface area (Å²) in [7, 11) is 1.55. The lowest BCUT2D eigenvalue weighted by atomic mass is 9.93. The molecule has 1 heterocycles. The Morgan fingerprint density at radius 3 is 2.69 bits per heavy atom. The second-order valence-corrected chi connectivity index (χ2v) is 7.67. The monoisotopic (exact) mass is 491 g/mol. The highest BCUT2D eigenvalue weighted by atomic mass is 19.4. The molecule has 3 aromatic rings. The van der Waals surface area contributed by atoms with E-state index in [0.717, 1.165) is 34.9 Å². The van der Waals surface area contributed by atoms with E-state index in [-0.39, 0.29) is 24.6 Å². The second-order valence-electron chi connectivity index (χ2n) is 7.67. The van der Waals surface area contributed by atoms with Gasteiger partial charge in [0.2, 0.25) is 5.91 Å². The molecule has 0 saturated heterocycles. The number of ether oxygens (including phenoxy) is 1. The van der Waals surface area contributed by atoms with Crippen LogP contribution in [0.1, 0.15) is 35.6 Å². The first kappa shape index (κ1) is 25.9. The summed E-state index contributed by atoms with van der Waals surface area (Å²) in [5.74, 6) is -0.967. The molecule has 0 bridgehead atoms. The summed E-state index contributed by atoms with van der Waals surface area (Å²) in [6.45, 7) is 1.84. The van der Waals surface area contributed by atoms with E-state index in [1.165, 1.54) is 12.1 Å². The van der Waals surface area contributed by atoms with E-state index in [0.29, 0.717) is 17.6 Å². The molecule has 0 spiro atoms. The van der Waals surface area contributed by atoms with Crippen LogP contribution in [0.5, 0.6) is 5.75 Å². The van der Waals surface area contributed by atoms with Crippen molar-refractivity contribution < 1.29 is 37.4 Å². The van der Waals surface area contributed by atoms with Gasteiger partial charge in [0.25, 0.3) is 0 Å². The molecule has 186 valence electrons. The Kier molecular flexibility index (Phi) is 8.61. The number of aryl methyl sites for hydroxylation is 1. The van der Waals surface area contributed by atoms with Crippen LogP contribution in [-0.4, -0.2) is 30.6 Å². The van der Waals surface area contributed by atoms with Gasteiger partial charge in [0.15, 0.2) is 0 Å². The number of alkyl halides is 3. The number of hydrogen-bond acceptors (Lipinski definition) is 7. The fourth-order valence-electron chi connectivity index (χ4n) is 3.43. The number of carbonyl (C=O) groups is 2. The number of aldehydes is 1. The molecule has 1 atom stereocenters. The summed E-state index contributed by atoms with van der Waals surface area (Å²) in [4.78, 5) is 37.7. The number of nitrogens with one attached hydrogen (secondary N) is 2. The molecule has 8 nitrogen and oxygen atoms in total. The van der Waals surface area contributed by atoms with Crippen molar-refractivity contribution in [2.45, 2.75) is 38.7 Å². The molecule has 0 radical (unpaired) electrons. The van der Waals surface area contributed by atoms with Crippen molar-refractivity contribution in [3.05, 3.63) is 65.4 Å². The van der Waals surface area contributed by atoms with Gasteiger partial charge in [-0.2, -0.15) is 0 Å². The second kappa shape index (κ2) is 11.6. The predicted octanol–water partition coefficient (Wildman–Crippen LogP) is 4.73. The van der Waals surface area contributed by atoms with E-state index in [1.54, 1.807) is 26.1 Å². The molecule has 3 rings (SSSR count). The van der Waals surface area contributed by atoms with Crippen LogP contribution >= 0.6 is 0 Å². The number of halogens is 3. The average molecular weight is 491 g/mol. The van der Waals surface area contributed by atoms with Crippen LogP contribution in [0.25, 0.3) is 10.9 Å². The Balaban J connectivity index is 1.60. The summed E-state index contributed by atoms with van der Waals surface area (Å²) < 4.78 is 40.8. The SMILES string of the molecule is CNC(=O)CCC(C=O)c1cc2ccc(COONc3cccc(OC(F)(F)F)c3)cc2nc1C. The maximum absolute atomic E-state index is 12.3. The first-order chi connectivity index (χ1) is 16.7. The van der Waals surface area contributed by atoms with Crippen LogP contribution in [0, 0.1) is 6.92 Å². The number of hydrogen-bond donors (Lipinski definition) is 2. The largest absolute Gasteiger partial charge is 0.573 e. The quantitative estimate of drug-likeness (QED) is 0.173. The number of carbonyl (C=O) groups excluding carboxylic acids is 2. The highest BCUT2D eigenvalue weighted by molar-refractivity contribution is 5.82. The minimum atomic E-state index is -4.79. The molecule has 35 heavy (non-hydrogen) atoms. The van der Waals surface area contributed by atoms with E-state index in [9.17, 15) is 22.8 Å². The summed E-state index contributed by atoms with van der Waals surface area (Å²) in [5.41, 5.74) is 5.47. The van der Waals surface area contributed by atoms with Crippen LogP contribution in [0.15, 0.2) is 48.5 Å². The van der Waals surface area contributed by atoms with Crippen molar-refractivity contribution in [3.8, 4) is 5.75 Å². The maximum Gasteiger partial charge on any atom is 0.573 e. The lowest BCUT2D eigenvalue weighted by Gasteiger charge is -2.14. The third kappa shape index (κ3) is 7.66. The maximum atomic E-state index is 12.3. The molecular weight excluding hydrogens is 467 g/mol. The van der Waals surface area contributed by atoms with Crippen LogP contribution in [0.4, 0.5) is 18.9 Å². The van der Waals surface area contributed by atoms with Gasteiger partial charge < -0.3 is 14.8 Å². The summed E-state index contributed by atoms with van der Waals surface area (Å²) in [6, 6.07) is 12.4. The third-order valence-electron chi connectivity index (χ3n) is 5.15. The van der Waals surface area contributed by atoms with E-state index in [4.69, 9.17) is 9.88 Å². The van der Waals surface area contributed by atoms with E-state index in [2.05, 4.69) is 20.5 Å². The predicted molar refractivity (Wildman–Crippen MR) is 121 cm³/mol. The molecule has 0 saturated carbocycles. The number of amides is 1. The minimum absolute atomic E-state index is 0.0350. The smallest absolute Gasteiger partial charge is 0.406 e. The summed E-state index contributed by atoms with van der Waals surface area (Å²) in [6.07, 6.45) is -3.34. The Labute approximate surface area is 199 Å². The van der Waals surface area contributed by atoms with Gasteiger partial charge in [0, 0.05) is 36.5 Å². The number of anilines is 1. The first-order valence-electron chi connectivity index (χ1n) is 10.6. The zero-order chi connectivity index (χ0) is 25.4. The molecule has 2 aromatic carbocycles. The number of pyridine rings is 1. The highest BCUT2D eigenvalue weighted by Gasteiger charge is 2.31. The van der Waals surface area contributed by atoms with E-state index in [1.807, 2.05) is 12.1 Å². The highest BCUT2D eigenvalue weighted by Crippen LogP contribution is 2.27. The Hall–Kier alpha value is -3.70. The molecule has 1 amide bonds. The van der Waals surface area contributed by atoms with Crippen molar-refractivity contribution in [2.24, 2.45) is 0 Å². The lowest BCUT2D eigenvalue weighted by Crippen LogP contribution is -2.18. The molecule has 1 aromatic heterocycles. The van der Waals surface area contributed by atoms with Gasteiger partial charge in [-0.25, -0.2) is 10.4 Å². The number of rotatable bonds is 11. The first-order valence-corrected chi connectivity index (χ1v) is 10.6. The zero-order valence-corrected chi connectivity index (χ0v) is 19.0. The number of benzene rings is 2. The van der Waals surface area contributed by atoms with Crippen LogP contribution in [0.2, 0.25) is 0 Å².